The van der Waals surface area contributed by atoms with Crippen LogP contribution in [0.3, 0.4) is 0 Å². The molecule has 0 radical (unpaired) electrons. The first-order chi connectivity index (χ1) is 16.5. The number of aromatic amines is 1. The van der Waals surface area contributed by atoms with Gasteiger partial charge in [-0.25, -0.2) is 4.79 Å². The number of aryl methyl sites for hydroxylation is 2. The van der Waals surface area contributed by atoms with Crippen LogP contribution in [0.5, 0.6) is 0 Å². The average molecular weight is 459 g/mol. The molecule has 1 saturated heterocycles. The number of nitrogens with zero attached hydrogens (tertiary/aromatic N) is 5. The molecule has 2 aliphatic heterocycles. The number of ether oxygens (including phenoxy) is 1. The van der Waals surface area contributed by atoms with Crippen molar-refractivity contribution in [1.29, 1.82) is 0 Å². The lowest BCUT2D eigenvalue weighted by Crippen LogP contribution is -2.54. The molecule has 34 heavy (non-hydrogen) atoms. The third kappa shape index (κ3) is 2.92. The van der Waals surface area contributed by atoms with Crippen LogP contribution in [0, 0.1) is 13.8 Å². The molecule has 9 nitrogen and oxygen atoms in total. The molecule has 0 saturated carbocycles. The van der Waals surface area contributed by atoms with Crippen LogP contribution in [0.2, 0.25) is 0 Å². The smallest absolute Gasteiger partial charge is 0.350 e. The van der Waals surface area contributed by atoms with E-state index in [1.54, 1.807) is 9.47 Å². The van der Waals surface area contributed by atoms with Crippen molar-refractivity contribution in [2.45, 2.75) is 26.3 Å². The second-order valence-electron chi connectivity index (χ2n) is 9.04. The number of benzene rings is 1. The maximum Gasteiger partial charge on any atom is 0.350 e. The van der Waals surface area contributed by atoms with Gasteiger partial charge in [-0.15, -0.1) is 0 Å². The molecular weight excluding hydrogens is 432 g/mol. The zero-order chi connectivity index (χ0) is 23.6. The number of rotatable bonds is 3. The minimum absolute atomic E-state index is 0.0719. The van der Waals surface area contributed by atoms with Crippen molar-refractivity contribution in [2.24, 2.45) is 0 Å². The molecule has 2 aromatic heterocycles. The molecule has 9 heteroatoms. The number of amides is 1. The molecule has 174 valence electrons. The lowest BCUT2D eigenvalue weighted by atomic mass is 9.90. The lowest BCUT2D eigenvalue weighted by Gasteiger charge is -2.35. The molecule has 1 unspecified atom stereocenters. The van der Waals surface area contributed by atoms with Gasteiger partial charge in [0.2, 0.25) is 5.91 Å². The maximum atomic E-state index is 13.1. The highest BCUT2D eigenvalue weighted by Crippen LogP contribution is 2.38. The highest BCUT2D eigenvalue weighted by atomic mass is 16.5. The van der Waals surface area contributed by atoms with Gasteiger partial charge in [0.25, 0.3) is 0 Å². The van der Waals surface area contributed by atoms with E-state index in [1.165, 1.54) is 6.08 Å². The van der Waals surface area contributed by atoms with E-state index in [0.29, 0.717) is 45.1 Å². The first-order valence-electron chi connectivity index (χ1n) is 11.6. The zero-order valence-electron chi connectivity index (χ0n) is 19.3. The fourth-order valence-electron chi connectivity index (χ4n) is 5.50. The first kappa shape index (κ1) is 20.7. The number of fused-ring (bicyclic) bond motifs is 1. The summed E-state index contributed by atoms with van der Waals surface area (Å²) >= 11 is 0. The summed E-state index contributed by atoms with van der Waals surface area (Å²) in [4.78, 5) is 33.5. The molecule has 1 aliphatic carbocycles. The molecule has 4 heterocycles. The Morgan fingerprint density at radius 3 is 2.76 bits per heavy atom. The Kier molecular flexibility index (Phi) is 4.62. The fraction of sp³-hybridized carbons (Fsp3) is 0.360. The van der Waals surface area contributed by atoms with Gasteiger partial charge in [0, 0.05) is 42.5 Å². The third-order valence-electron chi connectivity index (χ3n) is 7.16. The Bertz CT molecular complexity index is 1540. The van der Waals surface area contributed by atoms with E-state index in [0.717, 1.165) is 44.1 Å². The fourth-order valence-corrected chi connectivity index (χ4v) is 5.50. The summed E-state index contributed by atoms with van der Waals surface area (Å²) in [7, 11) is 0. The zero-order valence-corrected chi connectivity index (χ0v) is 19.3. The van der Waals surface area contributed by atoms with Crippen molar-refractivity contribution in [3.8, 4) is 0 Å². The predicted molar refractivity (Wildman–Crippen MR) is 129 cm³/mol. The summed E-state index contributed by atoms with van der Waals surface area (Å²) in [5.74, 6) is 1.27. The monoisotopic (exact) mass is 458 g/mol. The molecule has 0 spiro atoms. The van der Waals surface area contributed by atoms with Gasteiger partial charge in [-0.1, -0.05) is 18.7 Å². The number of anilines is 1. The van der Waals surface area contributed by atoms with Crippen molar-refractivity contribution in [3.63, 3.8) is 0 Å². The number of hydrogen-bond acceptors (Lipinski definition) is 6. The molecular formula is C25H26N6O3. The lowest BCUT2D eigenvalue weighted by molar-refractivity contribution is -0.126. The van der Waals surface area contributed by atoms with Crippen LogP contribution in [-0.2, 0) is 16.1 Å². The van der Waals surface area contributed by atoms with Crippen LogP contribution in [0.1, 0.15) is 22.7 Å². The van der Waals surface area contributed by atoms with Crippen LogP contribution in [-0.4, -0.2) is 63.3 Å². The van der Waals surface area contributed by atoms with E-state index < -0.39 is 0 Å². The highest BCUT2D eigenvalue weighted by Gasteiger charge is 2.33. The summed E-state index contributed by atoms with van der Waals surface area (Å²) < 4.78 is 7.98. The highest BCUT2D eigenvalue weighted by molar-refractivity contribution is 5.90. The second-order valence-corrected chi connectivity index (χ2v) is 9.04. The molecule has 0 bridgehead atoms. The molecule has 1 fully saturated rings. The Morgan fingerprint density at radius 2 is 2.00 bits per heavy atom. The van der Waals surface area contributed by atoms with Crippen molar-refractivity contribution >= 4 is 34.5 Å². The summed E-state index contributed by atoms with van der Waals surface area (Å²) in [6, 6.07) is 4.11. The Hall–Kier alpha value is -3.88. The summed E-state index contributed by atoms with van der Waals surface area (Å²) in [6.45, 7) is 11.0. The normalized spacial score (nSPS) is 19.1. The molecule has 3 aliphatic rings. The van der Waals surface area contributed by atoms with Gasteiger partial charge >= 0.3 is 5.69 Å². The summed E-state index contributed by atoms with van der Waals surface area (Å²) in [5, 5.41) is 10.4. The quantitative estimate of drug-likeness (QED) is 0.567. The molecule has 6 rings (SSSR count). The van der Waals surface area contributed by atoms with Gasteiger partial charge in [-0.2, -0.15) is 10.1 Å². The number of piperazine rings is 1. The van der Waals surface area contributed by atoms with Crippen LogP contribution in [0.4, 0.5) is 5.82 Å². The number of hydrogen-bond donors (Lipinski definition) is 1. The number of H-pyrrole nitrogens is 1. The maximum absolute atomic E-state index is 13.1. The van der Waals surface area contributed by atoms with Gasteiger partial charge < -0.3 is 14.5 Å². The van der Waals surface area contributed by atoms with Crippen molar-refractivity contribution in [3.05, 3.63) is 62.7 Å². The van der Waals surface area contributed by atoms with Gasteiger partial charge in [-0.3, -0.25) is 14.5 Å². The van der Waals surface area contributed by atoms with Crippen LogP contribution in [0.25, 0.3) is 22.7 Å². The van der Waals surface area contributed by atoms with E-state index in [-0.39, 0.29) is 17.5 Å². The van der Waals surface area contributed by atoms with Gasteiger partial charge in [-0.05, 0) is 37.1 Å². The number of carbonyl (C=O) groups is 1. The van der Waals surface area contributed by atoms with Gasteiger partial charge in [0.05, 0.1) is 23.3 Å². The van der Waals surface area contributed by atoms with E-state index in [4.69, 9.17) is 4.74 Å². The van der Waals surface area contributed by atoms with E-state index in [1.807, 2.05) is 13.0 Å². The van der Waals surface area contributed by atoms with Crippen molar-refractivity contribution in [1.82, 2.24) is 24.6 Å². The van der Waals surface area contributed by atoms with Gasteiger partial charge in [0.1, 0.15) is 18.2 Å². The second kappa shape index (κ2) is 7.58. The Morgan fingerprint density at radius 1 is 1.21 bits per heavy atom. The molecule has 3 aromatic rings. The minimum Gasteiger partial charge on any atom is -0.493 e. The number of aromatic nitrogens is 4. The third-order valence-corrected chi connectivity index (χ3v) is 7.16. The Labute approximate surface area is 195 Å². The van der Waals surface area contributed by atoms with Crippen LogP contribution >= 0.6 is 0 Å². The number of carbonyl (C=O) groups excluding carboxylic acids is 1. The molecule has 1 aromatic carbocycles. The molecule has 1 N–H and O–H groups in total. The number of nitrogens with one attached hydrogen (secondary N) is 1. The summed E-state index contributed by atoms with van der Waals surface area (Å²) in [5.41, 5.74) is 3.95. The molecule has 1 amide bonds. The van der Waals surface area contributed by atoms with Crippen LogP contribution in [0.15, 0.2) is 29.6 Å². The predicted octanol–water partition coefficient (Wildman–Crippen LogP) is 0.287. The largest absolute Gasteiger partial charge is 0.493 e. The topological polar surface area (TPSA) is 96.4 Å². The SMILES string of the molecule is C=CC(=O)N1CCN(c2nc(=O)n3c4c2=CC(c2c(C)ccc5n[nH]c(C)c25)C=4OCC3)CC1. The molecule has 1 atom stereocenters. The van der Waals surface area contributed by atoms with E-state index in [9.17, 15) is 9.59 Å². The first-order valence-corrected chi connectivity index (χ1v) is 11.6. The van der Waals surface area contributed by atoms with Crippen LogP contribution < -0.4 is 21.2 Å². The van der Waals surface area contributed by atoms with Crippen molar-refractivity contribution < 1.29 is 9.53 Å². The standard InChI is InChI=1S/C25H26N6O3/c1-4-19(32)29-7-9-30(10-8-29)24-17-13-16(23-22(17)31(11-12-34-23)25(33)26-24)20-14(2)5-6-18-21(20)15(3)27-28-18/h4-6,13,16H,1,7-12H2,2-3H3,(H,27,28). The summed E-state index contributed by atoms with van der Waals surface area (Å²) in [6.07, 6.45) is 3.53. The van der Waals surface area contributed by atoms with E-state index >= 15 is 0 Å². The average Bonchev–Trinajstić information content (AvgIpc) is 3.43. The van der Waals surface area contributed by atoms with Crippen molar-refractivity contribution in [2.75, 3.05) is 37.7 Å². The Balaban J connectivity index is 1.53. The van der Waals surface area contributed by atoms with E-state index in [2.05, 4.69) is 45.7 Å². The minimum atomic E-state index is -0.261. The van der Waals surface area contributed by atoms with Gasteiger partial charge in [0.15, 0.2) is 0 Å².